The van der Waals surface area contributed by atoms with Crippen molar-refractivity contribution < 1.29 is 29.0 Å². The van der Waals surface area contributed by atoms with E-state index in [0.717, 1.165) is 18.6 Å². The van der Waals surface area contributed by atoms with E-state index in [-0.39, 0.29) is 41.0 Å². The second-order valence-electron chi connectivity index (χ2n) is 12.9. The summed E-state index contributed by atoms with van der Waals surface area (Å²) in [6.45, 7) is 14.5. The van der Waals surface area contributed by atoms with Crippen LogP contribution in [0.2, 0.25) is 0 Å². The molecule has 0 spiro atoms. The molecule has 0 saturated heterocycles. The number of rotatable bonds is 16. The number of hydrogen-bond donors (Lipinski definition) is 2. The molecule has 9 heteroatoms. The predicted molar refractivity (Wildman–Crippen MR) is 185 cm³/mol. The Balaban J connectivity index is 1.37. The first-order chi connectivity index (χ1) is 22.4. The van der Waals surface area contributed by atoms with Crippen LogP contribution in [0, 0.1) is 10.1 Å². The van der Waals surface area contributed by atoms with Crippen LogP contribution in [0.5, 0.6) is 23.0 Å². The number of phenolic OH excluding ortho intramolecular Hbond substituents is 1. The summed E-state index contributed by atoms with van der Waals surface area (Å²) in [5, 5.41) is 25.9. The van der Waals surface area contributed by atoms with Crippen molar-refractivity contribution in [2.75, 3.05) is 26.4 Å². The van der Waals surface area contributed by atoms with Crippen LogP contribution in [0.4, 0.5) is 5.69 Å². The van der Waals surface area contributed by atoms with Gasteiger partial charge in [-0.25, -0.2) is 0 Å². The molecule has 250 valence electrons. The summed E-state index contributed by atoms with van der Waals surface area (Å²) in [6, 6.07) is 21.0. The van der Waals surface area contributed by atoms with E-state index in [4.69, 9.17) is 14.2 Å². The summed E-state index contributed by atoms with van der Waals surface area (Å²) in [5.74, 6) is 1.23. The lowest BCUT2D eigenvalue weighted by molar-refractivity contribution is -0.384. The molecular weight excluding hydrogens is 596 g/mol. The van der Waals surface area contributed by atoms with Crippen LogP contribution in [0.25, 0.3) is 10.8 Å². The lowest BCUT2D eigenvalue weighted by Crippen LogP contribution is -2.26. The summed E-state index contributed by atoms with van der Waals surface area (Å²) < 4.78 is 17.9. The Morgan fingerprint density at radius 2 is 1.45 bits per heavy atom. The minimum atomic E-state index is -0.471. The summed E-state index contributed by atoms with van der Waals surface area (Å²) >= 11 is 0. The molecule has 0 bridgehead atoms. The second kappa shape index (κ2) is 15.2. The Morgan fingerprint density at radius 1 is 0.809 bits per heavy atom. The standard InChI is InChI=1S/C38H46N2O7/c1-7-37(3,4)26-14-19-33(32(24-26)38(5,6)8-2)46-21-11-20-39-36(42)31-25-34(29-12-9-10-13-30(29)35(31)41)47-23-22-45-28-17-15-27(16-18-28)40(43)44/h9-10,12-19,24-25,41H,7-8,11,20-23H2,1-6H3,(H,39,42). The lowest BCUT2D eigenvalue weighted by atomic mass is 9.76. The molecule has 4 aromatic carbocycles. The van der Waals surface area contributed by atoms with Crippen LogP contribution in [-0.4, -0.2) is 42.3 Å². The normalized spacial score (nSPS) is 11.7. The highest BCUT2D eigenvalue weighted by Crippen LogP contribution is 2.39. The number of fused-ring (bicyclic) bond motifs is 1. The number of hydrogen-bond acceptors (Lipinski definition) is 7. The first-order valence-electron chi connectivity index (χ1n) is 16.2. The second-order valence-corrected chi connectivity index (χ2v) is 12.9. The number of phenols is 1. The fourth-order valence-corrected chi connectivity index (χ4v) is 5.15. The van der Waals surface area contributed by atoms with Gasteiger partial charge in [0, 0.05) is 35.0 Å². The molecule has 9 nitrogen and oxygen atoms in total. The van der Waals surface area contributed by atoms with E-state index < -0.39 is 10.8 Å². The smallest absolute Gasteiger partial charge is 0.269 e. The third-order valence-electron chi connectivity index (χ3n) is 9.00. The number of carbonyl (C=O) groups is 1. The Labute approximate surface area is 277 Å². The van der Waals surface area contributed by atoms with Crippen LogP contribution >= 0.6 is 0 Å². The molecule has 0 saturated carbocycles. The van der Waals surface area contributed by atoms with E-state index in [1.165, 1.54) is 41.5 Å². The zero-order chi connectivity index (χ0) is 34.2. The van der Waals surface area contributed by atoms with E-state index in [9.17, 15) is 20.0 Å². The van der Waals surface area contributed by atoms with Crippen molar-refractivity contribution in [3.63, 3.8) is 0 Å². The van der Waals surface area contributed by atoms with Crippen LogP contribution in [-0.2, 0) is 10.8 Å². The van der Waals surface area contributed by atoms with Gasteiger partial charge in [0.15, 0.2) is 0 Å². The molecule has 0 unspecified atom stereocenters. The summed E-state index contributed by atoms with van der Waals surface area (Å²) in [7, 11) is 0. The van der Waals surface area contributed by atoms with Crippen LogP contribution in [0.3, 0.4) is 0 Å². The molecule has 0 heterocycles. The van der Waals surface area contributed by atoms with Crippen molar-refractivity contribution in [2.45, 2.75) is 71.6 Å². The van der Waals surface area contributed by atoms with Gasteiger partial charge in [-0.3, -0.25) is 14.9 Å². The minimum Gasteiger partial charge on any atom is -0.506 e. The largest absolute Gasteiger partial charge is 0.506 e. The Morgan fingerprint density at radius 3 is 2.11 bits per heavy atom. The van der Waals surface area contributed by atoms with Crippen molar-refractivity contribution in [3.8, 4) is 23.0 Å². The first kappa shape index (κ1) is 35.1. The van der Waals surface area contributed by atoms with Crippen molar-refractivity contribution in [3.05, 3.63) is 99.6 Å². The van der Waals surface area contributed by atoms with E-state index in [1.54, 1.807) is 12.1 Å². The average Bonchev–Trinajstić information content (AvgIpc) is 3.07. The number of benzene rings is 4. The molecule has 0 fully saturated rings. The number of carbonyl (C=O) groups excluding carboxylic acids is 1. The fourth-order valence-electron chi connectivity index (χ4n) is 5.15. The highest BCUT2D eigenvalue weighted by Gasteiger charge is 2.26. The van der Waals surface area contributed by atoms with Gasteiger partial charge in [-0.05, 0) is 59.9 Å². The molecular formula is C38H46N2O7. The summed E-state index contributed by atoms with van der Waals surface area (Å²) in [6.07, 6.45) is 2.60. The third-order valence-corrected chi connectivity index (χ3v) is 9.00. The first-order valence-corrected chi connectivity index (χ1v) is 16.2. The fraction of sp³-hybridized carbons (Fsp3) is 0.395. The maximum Gasteiger partial charge on any atom is 0.269 e. The van der Waals surface area contributed by atoms with Gasteiger partial charge in [-0.2, -0.15) is 0 Å². The Bertz CT molecular complexity index is 1700. The molecule has 47 heavy (non-hydrogen) atoms. The SMILES string of the molecule is CCC(C)(C)c1ccc(OCCCNC(=O)c2cc(OCCOc3ccc([N+](=O)[O-])cc3)c3ccccc3c2O)c(C(C)(C)CC)c1. The van der Waals surface area contributed by atoms with Crippen LogP contribution in [0.1, 0.15) is 82.3 Å². The van der Waals surface area contributed by atoms with Gasteiger partial charge in [0.1, 0.15) is 36.2 Å². The van der Waals surface area contributed by atoms with Crippen molar-refractivity contribution >= 4 is 22.4 Å². The number of amides is 1. The maximum absolute atomic E-state index is 13.2. The van der Waals surface area contributed by atoms with Gasteiger partial charge in [-0.1, -0.05) is 77.9 Å². The highest BCUT2D eigenvalue weighted by atomic mass is 16.6. The third kappa shape index (κ3) is 8.52. The Kier molecular flexibility index (Phi) is 11.3. The molecule has 0 radical (unpaired) electrons. The summed E-state index contributed by atoms with van der Waals surface area (Å²) in [4.78, 5) is 23.6. The molecule has 0 aliphatic heterocycles. The minimum absolute atomic E-state index is 0.0195. The molecule has 2 N–H and O–H groups in total. The predicted octanol–water partition coefficient (Wildman–Crippen LogP) is 8.49. The van der Waals surface area contributed by atoms with Crippen LogP contribution < -0.4 is 19.5 Å². The lowest BCUT2D eigenvalue weighted by Gasteiger charge is -2.30. The zero-order valence-corrected chi connectivity index (χ0v) is 28.2. The van der Waals surface area contributed by atoms with E-state index in [0.29, 0.717) is 41.8 Å². The average molecular weight is 643 g/mol. The molecule has 4 aromatic rings. The monoisotopic (exact) mass is 642 g/mol. The Hall–Kier alpha value is -4.79. The highest BCUT2D eigenvalue weighted by molar-refractivity contribution is 6.05. The quantitative estimate of drug-likeness (QED) is 0.0714. The number of nitro benzene ring substituents is 1. The van der Waals surface area contributed by atoms with E-state index >= 15 is 0 Å². The molecule has 0 atom stereocenters. The van der Waals surface area contributed by atoms with Gasteiger partial charge in [0.25, 0.3) is 11.6 Å². The van der Waals surface area contributed by atoms with Gasteiger partial charge >= 0.3 is 0 Å². The number of nitrogens with zero attached hydrogens (tertiary/aromatic N) is 1. The topological polar surface area (TPSA) is 120 Å². The molecule has 0 aromatic heterocycles. The number of nitro groups is 1. The molecule has 4 rings (SSSR count). The summed E-state index contributed by atoms with van der Waals surface area (Å²) in [5.41, 5.74) is 2.60. The molecule has 0 aliphatic carbocycles. The van der Waals surface area contributed by atoms with Crippen molar-refractivity contribution in [1.29, 1.82) is 0 Å². The van der Waals surface area contributed by atoms with Gasteiger partial charge < -0.3 is 24.6 Å². The maximum atomic E-state index is 13.2. The van der Waals surface area contributed by atoms with E-state index in [2.05, 4.69) is 65.1 Å². The van der Waals surface area contributed by atoms with Crippen molar-refractivity contribution in [1.82, 2.24) is 5.32 Å². The number of non-ortho nitro benzene ring substituents is 1. The molecule has 0 aliphatic rings. The number of aromatic hydroxyl groups is 1. The number of ether oxygens (including phenoxy) is 3. The van der Waals surface area contributed by atoms with E-state index in [1.807, 2.05) is 12.1 Å². The van der Waals surface area contributed by atoms with Crippen molar-refractivity contribution in [2.24, 2.45) is 0 Å². The number of nitrogens with one attached hydrogen (secondary N) is 1. The van der Waals surface area contributed by atoms with Gasteiger partial charge in [0.2, 0.25) is 0 Å². The van der Waals surface area contributed by atoms with Crippen LogP contribution in [0.15, 0.2) is 72.8 Å². The van der Waals surface area contributed by atoms with Gasteiger partial charge in [-0.15, -0.1) is 0 Å². The molecule has 1 amide bonds. The zero-order valence-electron chi connectivity index (χ0n) is 28.2. The van der Waals surface area contributed by atoms with Gasteiger partial charge in [0.05, 0.1) is 17.1 Å².